The molecule has 0 atom stereocenters. The maximum Gasteiger partial charge on any atom is 0.0652 e. The van der Waals surface area contributed by atoms with Crippen LogP contribution in [0, 0.1) is 0 Å². The summed E-state index contributed by atoms with van der Waals surface area (Å²) in [6, 6.07) is 0.574. The first-order valence-corrected chi connectivity index (χ1v) is 6.79. The van der Waals surface area contributed by atoms with Crippen molar-refractivity contribution in [2.45, 2.75) is 59.4 Å². The Morgan fingerprint density at radius 1 is 1.33 bits per heavy atom. The number of allylic oxidation sites excluding steroid dienone is 1. The summed E-state index contributed by atoms with van der Waals surface area (Å²) in [4.78, 5) is 0. The van der Waals surface area contributed by atoms with Crippen molar-refractivity contribution >= 4 is 11.8 Å². The maximum atomic E-state index is 4.03. The summed E-state index contributed by atoms with van der Waals surface area (Å²) in [5, 5.41) is 6.72. The topological polar surface area (TPSA) is 12.0 Å². The predicted octanol–water partition coefficient (Wildman–Crippen LogP) is 4.67. The van der Waals surface area contributed by atoms with Crippen molar-refractivity contribution in [1.29, 1.82) is 0 Å². The molecule has 0 fully saturated rings. The summed E-state index contributed by atoms with van der Waals surface area (Å²) in [5.74, 6) is 0. The highest BCUT2D eigenvalue weighted by atomic mass is 32.2. The van der Waals surface area contributed by atoms with E-state index in [1.54, 1.807) is 11.8 Å². The van der Waals surface area contributed by atoms with Crippen LogP contribution in [0.15, 0.2) is 22.6 Å². The standard InChI is InChI=1S/C13H25NS/c1-6-9-11(4)10-15-12(5)14-13(7-2)8-3/h10,13-14H,5-9H2,1-4H3/b11-10-. The lowest BCUT2D eigenvalue weighted by atomic mass is 10.2. The van der Waals surface area contributed by atoms with Gasteiger partial charge in [0.2, 0.25) is 0 Å². The third-order valence-corrected chi connectivity index (χ3v) is 3.32. The van der Waals surface area contributed by atoms with Gasteiger partial charge in [-0.05, 0) is 31.6 Å². The second kappa shape index (κ2) is 8.90. The molecular weight excluding hydrogens is 202 g/mol. The van der Waals surface area contributed by atoms with Crippen LogP contribution in [0.4, 0.5) is 0 Å². The molecule has 1 N–H and O–H groups in total. The fourth-order valence-electron chi connectivity index (χ4n) is 1.38. The Balaban J connectivity index is 3.88. The summed E-state index contributed by atoms with van der Waals surface area (Å²) < 4.78 is 0. The smallest absolute Gasteiger partial charge is 0.0652 e. The number of thioether (sulfide) groups is 1. The summed E-state index contributed by atoms with van der Waals surface area (Å²) >= 11 is 1.72. The van der Waals surface area contributed by atoms with Gasteiger partial charge in [-0.15, -0.1) is 0 Å². The van der Waals surface area contributed by atoms with Crippen molar-refractivity contribution in [1.82, 2.24) is 5.32 Å². The first-order chi connectivity index (χ1) is 7.13. The van der Waals surface area contributed by atoms with Gasteiger partial charge in [-0.2, -0.15) is 0 Å². The molecule has 0 aromatic carbocycles. The van der Waals surface area contributed by atoms with Crippen molar-refractivity contribution in [3.63, 3.8) is 0 Å². The molecule has 2 heteroatoms. The van der Waals surface area contributed by atoms with E-state index in [-0.39, 0.29) is 0 Å². The molecule has 0 aromatic rings. The van der Waals surface area contributed by atoms with E-state index in [2.05, 4.69) is 45.0 Å². The number of hydrogen-bond acceptors (Lipinski definition) is 2. The molecule has 0 heterocycles. The van der Waals surface area contributed by atoms with Gasteiger partial charge in [-0.1, -0.05) is 51.1 Å². The Kier molecular flexibility index (Phi) is 8.68. The predicted molar refractivity (Wildman–Crippen MR) is 72.9 cm³/mol. The number of hydrogen-bond donors (Lipinski definition) is 1. The molecule has 0 unspecified atom stereocenters. The van der Waals surface area contributed by atoms with Crippen LogP contribution < -0.4 is 5.32 Å². The average molecular weight is 227 g/mol. The van der Waals surface area contributed by atoms with Gasteiger partial charge in [0.25, 0.3) is 0 Å². The van der Waals surface area contributed by atoms with Gasteiger partial charge in [-0.25, -0.2) is 0 Å². The van der Waals surface area contributed by atoms with Gasteiger partial charge in [0.1, 0.15) is 0 Å². The van der Waals surface area contributed by atoms with Crippen molar-refractivity contribution in [2.75, 3.05) is 0 Å². The zero-order valence-electron chi connectivity index (χ0n) is 10.6. The SMILES string of the molecule is C=C(NC(CC)CC)S/C=C(/C)CCC. The Morgan fingerprint density at radius 3 is 2.40 bits per heavy atom. The fourth-order valence-corrected chi connectivity index (χ4v) is 2.08. The van der Waals surface area contributed by atoms with Crippen LogP contribution in [0.1, 0.15) is 53.4 Å². The molecule has 1 nitrogen and oxygen atoms in total. The molecule has 0 aliphatic rings. The van der Waals surface area contributed by atoms with E-state index < -0.39 is 0 Å². The molecule has 0 spiro atoms. The lowest BCUT2D eigenvalue weighted by Crippen LogP contribution is -2.25. The molecule has 0 bridgehead atoms. The minimum atomic E-state index is 0.574. The molecule has 0 radical (unpaired) electrons. The summed E-state index contributed by atoms with van der Waals surface area (Å²) in [7, 11) is 0. The number of nitrogens with one attached hydrogen (secondary N) is 1. The molecule has 0 aliphatic heterocycles. The van der Waals surface area contributed by atoms with Gasteiger partial charge in [-0.3, -0.25) is 0 Å². The Hall–Kier alpha value is -0.370. The minimum Gasteiger partial charge on any atom is -0.377 e. The van der Waals surface area contributed by atoms with E-state index in [1.165, 1.54) is 18.4 Å². The summed E-state index contributed by atoms with van der Waals surface area (Å²) in [6.45, 7) is 12.8. The third kappa shape index (κ3) is 7.55. The zero-order chi connectivity index (χ0) is 11.7. The van der Waals surface area contributed by atoms with Gasteiger partial charge >= 0.3 is 0 Å². The fraction of sp³-hybridized carbons (Fsp3) is 0.692. The van der Waals surface area contributed by atoms with E-state index >= 15 is 0 Å². The third-order valence-electron chi connectivity index (χ3n) is 2.40. The molecule has 0 saturated carbocycles. The van der Waals surface area contributed by atoms with Crippen LogP contribution >= 0.6 is 11.8 Å². The highest BCUT2D eigenvalue weighted by Crippen LogP contribution is 2.18. The Bertz CT molecular complexity index is 205. The molecule has 0 amide bonds. The molecule has 0 aliphatic carbocycles. The molecular formula is C13H25NS. The second-order valence-corrected chi connectivity index (χ2v) is 4.88. The summed E-state index contributed by atoms with van der Waals surface area (Å²) in [6.07, 6.45) is 4.72. The monoisotopic (exact) mass is 227 g/mol. The first kappa shape index (κ1) is 14.6. The normalized spacial score (nSPS) is 11.9. The van der Waals surface area contributed by atoms with E-state index in [1.807, 2.05) is 0 Å². The van der Waals surface area contributed by atoms with E-state index in [4.69, 9.17) is 0 Å². The van der Waals surface area contributed by atoms with Crippen LogP contribution in [0.25, 0.3) is 0 Å². The lowest BCUT2D eigenvalue weighted by molar-refractivity contribution is 0.548. The average Bonchev–Trinajstić information content (AvgIpc) is 2.23. The molecule has 0 saturated heterocycles. The van der Waals surface area contributed by atoms with Gasteiger partial charge in [0, 0.05) is 6.04 Å². The molecule has 0 rings (SSSR count). The first-order valence-electron chi connectivity index (χ1n) is 5.91. The highest BCUT2D eigenvalue weighted by Gasteiger charge is 2.02. The largest absolute Gasteiger partial charge is 0.377 e. The van der Waals surface area contributed by atoms with Crippen LogP contribution in [0.5, 0.6) is 0 Å². The van der Waals surface area contributed by atoms with Crippen molar-refractivity contribution < 1.29 is 0 Å². The number of rotatable bonds is 8. The van der Waals surface area contributed by atoms with Gasteiger partial charge in [0.05, 0.1) is 5.03 Å². The Morgan fingerprint density at radius 2 is 1.93 bits per heavy atom. The zero-order valence-corrected chi connectivity index (χ0v) is 11.4. The van der Waals surface area contributed by atoms with Crippen LogP contribution in [-0.2, 0) is 0 Å². The van der Waals surface area contributed by atoms with Crippen LogP contribution in [0.3, 0.4) is 0 Å². The quantitative estimate of drug-likeness (QED) is 0.646. The lowest BCUT2D eigenvalue weighted by Gasteiger charge is -2.16. The van der Waals surface area contributed by atoms with Crippen molar-refractivity contribution in [3.05, 3.63) is 22.6 Å². The van der Waals surface area contributed by atoms with Crippen molar-refractivity contribution in [2.24, 2.45) is 0 Å². The maximum absolute atomic E-state index is 4.03. The van der Waals surface area contributed by atoms with Crippen molar-refractivity contribution in [3.8, 4) is 0 Å². The molecule has 88 valence electrons. The second-order valence-electron chi connectivity index (χ2n) is 3.91. The van der Waals surface area contributed by atoms with Crippen LogP contribution in [0.2, 0.25) is 0 Å². The van der Waals surface area contributed by atoms with Gasteiger partial charge < -0.3 is 5.32 Å². The minimum absolute atomic E-state index is 0.574. The van der Waals surface area contributed by atoms with E-state index in [0.29, 0.717) is 6.04 Å². The van der Waals surface area contributed by atoms with Crippen LogP contribution in [-0.4, -0.2) is 6.04 Å². The van der Waals surface area contributed by atoms with E-state index in [0.717, 1.165) is 17.9 Å². The molecule has 15 heavy (non-hydrogen) atoms. The van der Waals surface area contributed by atoms with Gasteiger partial charge in [0.15, 0.2) is 0 Å². The van der Waals surface area contributed by atoms with E-state index in [9.17, 15) is 0 Å². The Labute approximate surface area is 99.4 Å². The summed E-state index contributed by atoms with van der Waals surface area (Å²) in [5.41, 5.74) is 1.44. The highest BCUT2D eigenvalue weighted by molar-refractivity contribution is 8.05. The molecule has 0 aromatic heterocycles.